The molecule has 1 N–H and O–H groups in total. The van der Waals surface area contributed by atoms with Crippen molar-refractivity contribution in [2.75, 3.05) is 4.90 Å². The van der Waals surface area contributed by atoms with Gasteiger partial charge in [0.25, 0.3) is 0 Å². The van der Waals surface area contributed by atoms with Crippen molar-refractivity contribution < 1.29 is 14.0 Å². The van der Waals surface area contributed by atoms with Gasteiger partial charge in [0.2, 0.25) is 11.8 Å². The minimum absolute atomic E-state index is 0.197. The molecule has 36 heavy (non-hydrogen) atoms. The monoisotopic (exact) mass is 488 g/mol. The fourth-order valence-electron chi connectivity index (χ4n) is 3.85. The first-order valence-electron chi connectivity index (χ1n) is 11.8. The number of fused-ring (bicyclic) bond motifs is 1. The van der Waals surface area contributed by atoms with Crippen LogP contribution in [0.2, 0.25) is 0 Å². The molecule has 9 heteroatoms. The summed E-state index contributed by atoms with van der Waals surface area (Å²) in [5.74, 6) is -1.32. The third kappa shape index (κ3) is 5.25. The van der Waals surface area contributed by atoms with E-state index in [4.69, 9.17) is 0 Å². The highest BCUT2D eigenvalue weighted by atomic mass is 19.1. The highest BCUT2D eigenvalue weighted by Gasteiger charge is 2.35. The first-order chi connectivity index (χ1) is 17.2. The molecule has 0 aliphatic heterocycles. The van der Waals surface area contributed by atoms with E-state index in [1.54, 1.807) is 49.6 Å². The topological polar surface area (TPSA) is 93.0 Å². The van der Waals surface area contributed by atoms with Crippen LogP contribution < -0.4 is 10.2 Å². The number of pyridine rings is 1. The first kappa shape index (κ1) is 25.0. The number of anilines is 1. The van der Waals surface area contributed by atoms with Crippen LogP contribution in [0.4, 0.5) is 10.1 Å². The fourth-order valence-corrected chi connectivity index (χ4v) is 3.85. The molecule has 1 atom stereocenters. The van der Waals surface area contributed by atoms with Crippen molar-refractivity contribution >= 4 is 28.5 Å². The number of aromatic nitrogens is 4. The van der Waals surface area contributed by atoms with Gasteiger partial charge in [-0.15, -0.1) is 5.10 Å². The Labute approximate surface area is 209 Å². The molecular formula is C27H29FN6O2. The maximum Gasteiger partial charge on any atom is 0.249 e. The number of hydrogen-bond donors (Lipinski definition) is 1. The number of amides is 2. The lowest BCUT2D eigenvalue weighted by Gasteiger charge is -2.34. The molecule has 0 saturated heterocycles. The lowest BCUT2D eigenvalue weighted by molar-refractivity contribution is -0.128. The van der Waals surface area contributed by atoms with E-state index in [0.717, 1.165) is 0 Å². The van der Waals surface area contributed by atoms with Gasteiger partial charge in [0, 0.05) is 29.2 Å². The van der Waals surface area contributed by atoms with Gasteiger partial charge in [-0.2, -0.15) is 0 Å². The minimum Gasteiger partial charge on any atom is -0.349 e. The van der Waals surface area contributed by atoms with Gasteiger partial charge in [-0.3, -0.25) is 19.5 Å². The Morgan fingerprint density at radius 3 is 2.61 bits per heavy atom. The van der Waals surface area contributed by atoms with E-state index in [1.165, 1.54) is 15.6 Å². The van der Waals surface area contributed by atoms with Crippen LogP contribution >= 0.6 is 0 Å². The quantitative estimate of drug-likeness (QED) is 0.398. The Hall–Kier alpha value is -4.14. The summed E-state index contributed by atoms with van der Waals surface area (Å²) in [6.45, 7) is 7.22. The molecule has 4 rings (SSSR count). The normalized spacial score (nSPS) is 12.4. The Kier molecular flexibility index (Phi) is 7.10. The van der Waals surface area contributed by atoms with Crippen molar-refractivity contribution in [3.8, 4) is 0 Å². The van der Waals surface area contributed by atoms with Crippen LogP contribution in [0.15, 0.2) is 67.0 Å². The molecule has 1 unspecified atom stereocenters. The van der Waals surface area contributed by atoms with Crippen LogP contribution in [-0.4, -0.2) is 37.3 Å². The van der Waals surface area contributed by atoms with Crippen LogP contribution in [0.1, 0.15) is 44.4 Å². The first-order valence-corrected chi connectivity index (χ1v) is 11.8. The van der Waals surface area contributed by atoms with Crippen LogP contribution in [0.3, 0.4) is 0 Å². The highest BCUT2D eigenvalue weighted by molar-refractivity contribution is 6.01. The summed E-state index contributed by atoms with van der Waals surface area (Å²) in [6.07, 6.45) is 3.81. The SMILES string of the molecule is CCC(C)(C)NC(=O)C(c1cccnc1)N(C(=O)Cn1nnc2ccccc21)c1ccc(C)c(F)c1. The standard InChI is InChI=1S/C27H29FN6O2/c1-5-27(3,4)30-26(36)25(19-9-8-14-29-16-19)34(20-13-12-18(2)21(28)15-20)24(35)17-33-23-11-7-6-10-22(23)31-32-33/h6-16,25H,5,17H2,1-4H3,(H,30,36). The predicted molar refractivity (Wildman–Crippen MR) is 136 cm³/mol. The van der Waals surface area contributed by atoms with E-state index in [1.807, 2.05) is 39.0 Å². The maximum atomic E-state index is 14.7. The molecule has 2 heterocycles. The summed E-state index contributed by atoms with van der Waals surface area (Å²) >= 11 is 0. The zero-order valence-corrected chi connectivity index (χ0v) is 20.8. The molecule has 0 aliphatic rings. The van der Waals surface area contributed by atoms with Gasteiger partial charge < -0.3 is 5.32 Å². The average Bonchev–Trinajstić information content (AvgIpc) is 3.27. The third-order valence-corrected chi connectivity index (χ3v) is 6.26. The van der Waals surface area contributed by atoms with Gasteiger partial charge in [-0.05, 0) is 63.1 Å². The minimum atomic E-state index is -1.09. The van der Waals surface area contributed by atoms with Crippen molar-refractivity contribution in [3.05, 3.63) is 83.9 Å². The molecule has 2 aromatic heterocycles. The van der Waals surface area contributed by atoms with E-state index < -0.39 is 29.2 Å². The van der Waals surface area contributed by atoms with Crippen molar-refractivity contribution in [2.24, 2.45) is 0 Å². The van der Waals surface area contributed by atoms with Crippen LogP contribution in [0.25, 0.3) is 11.0 Å². The zero-order valence-electron chi connectivity index (χ0n) is 20.8. The third-order valence-electron chi connectivity index (χ3n) is 6.26. The molecule has 0 bridgehead atoms. The Morgan fingerprint density at radius 2 is 1.92 bits per heavy atom. The van der Waals surface area contributed by atoms with Crippen molar-refractivity contribution in [3.63, 3.8) is 0 Å². The fraction of sp³-hybridized carbons (Fsp3) is 0.296. The van der Waals surface area contributed by atoms with Crippen LogP contribution in [-0.2, 0) is 16.1 Å². The maximum absolute atomic E-state index is 14.7. The molecule has 8 nitrogen and oxygen atoms in total. The second-order valence-electron chi connectivity index (χ2n) is 9.35. The van der Waals surface area contributed by atoms with E-state index >= 15 is 0 Å². The predicted octanol–water partition coefficient (Wildman–Crippen LogP) is 4.35. The molecule has 2 aromatic carbocycles. The number of hydrogen-bond acceptors (Lipinski definition) is 5. The molecule has 0 radical (unpaired) electrons. The average molecular weight is 489 g/mol. The molecule has 2 amide bonds. The molecule has 186 valence electrons. The van der Waals surface area contributed by atoms with Gasteiger partial charge in [0.1, 0.15) is 23.9 Å². The lowest BCUT2D eigenvalue weighted by Crippen LogP contribution is -2.51. The van der Waals surface area contributed by atoms with Gasteiger partial charge in [-0.25, -0.2) is 9.07 Å². The van der Waals surface area contributed by atoms with Crippen LogP contribution in [0.5, 0.6) is 0 Å². The number of halogens is 1. The van der Waals surface area contributed by atoms with Gasteiger partial charge in [-0.1, -0.05) is 36.4 Å². The Morgan fingerprint density at radius 1 is 1.14 bits per heavy atom. The van der Waals surface area contributed by atoms with Crippen molar-refractivity contribution in [1.82, 2.24) is 25.3 Å². The molecular weight excluding hydrogens is 459 g/mol. The molecule has 4 aromatic rings. The second kappa shape index (κ2) is 10.2. The van der Waals surface area contributed by atoms with E-state index in [0.29, 0.717) is 28.6 Å². The van der Waals surface area contributed by atoms with Crippen molar-refractivity contribution in [2.45, 2.75) is 52.2 Å². The summed E-state index contributed by atoms with van der Waals surface area (Å²) in [5, 5.41) is 11.3. The van der Waals surface area contributed by atoms with Gasteiger partial charge in [0.05, 0.1) is 5.52 Å². The van der Waals surface area contributed by atoms with Crippen LogP contribution in [0, 0.1) is 12.7 Å². The van der Waals surface area contributed by atoms with E-state index in [9.17, 15) is 14.0 Å². The smallest absolute Gasteiger partial charge is 0.249 e. The Balaban J connectivity index is 1.82. The van der Waals surface area contributed by atoms with E-state index in [2.05, 4.69) is 20.6 Å². The van der Waals surface area contributed by atoms with Gasteiger partial charge in [0.15, 0.2) is 0 Å². The molecule has 0 saturated carbocycles. The molecule has 0 fully saturated rings. The summed E-state index contributed by atoms with van der Waals surface area (Å²) in [4.78, 5) is 33.1. The summed E-state index contributed by atoms with van der Waals surface area (Å²) in [6, 6.07) is 14.1. The molecule has 0 aliphatic carbocycles. The number of benzene rings is 2. The second-order valence-corrected chi connectivity index (χ2v) is 9.35. The number of carbonyl (C=O) groups is 2. The lowest BCUT2D eigenvalue weighted by atomic mass is 9.99. The van der Waals surface area contributed by atoms with Gasteiger partial charge >= 0.3 is 0 Å². The summed E-state index contributed by atoms with van der Waals surface area (Å²) in [5.41, 5.74) is 1.99. The summed E-state index contributed by atoms with van der Waals surface area (Å²) < 4.78 is 16.2. The number of para-hydroxylation sites is 1. The van der Waals surface area contributed by atoms with Crippen molar-refractivity contribution in [1.29, 1.82) is 0 Å². The number of carbonyl (C=O) groups excluding carboxylic acids is 2. The highest BCUT2D eigenvalue weighted by Crippen LogP contribution is 2.30. The Bertz CT molecular complexity index is 1390. The molecule has 0 spiro atoms. The number of nitrogens with one attached hydrogen (secondary N) is 1. The zero-order chi connectivity index (χ0) is 25.9. The largest absolute Gasteiger partial charge is 0.349 e. The number of nitrogens with zero attached hydrogens (tertiary/aromatic N) is 5. The summed E-state index contributed by atoms with van der Waals surface area (Å²) in [7, 11) is 0. The number of aryl methyl sites for hydroxylation is 1. The number of rotatable bonds is 8. The van der Waals surface area contributed by atoms with E-state index in [-0.39, 0.29) is 12.2 Å².